The highest BCUT2D eigenvalue weighted by Gasteiger charge is 2.62. The summed E-state index contributed by atoms with van der Waals surface area (Å²) in [7, 11) is 0. The Morgan fingerprint density at radius 1 is 1.44 bits per heavy atom. The molecule has 1 heterocycles. The Kier molecular flexibility index (Phi) is 0.852. The van der Waals surface area contributed by atoms with Crippen molar-refractivity contribution in [1.82, 2.24) is 5.32 Å². The SMILES string of the molecule is CC1NCC2C1C2(C)C. The van der Waals surface area contributed by atoms with Gasteiger partial charge in [0.2, 0.25) is 0 Å². The third-order valence-electron chi connectivity index (χ3n) is 3.34. The predicted molar refractivity (Wildman–Crippen MR) is 38.2 cm³/mol. The summed E-state index contributed by atoms with van der Waals surface area (Å²) in [6.45, 7) is 8.34. The van der Waals surface area contributed by atoms with E-state index >= 15 is 0 Å². The van der Waals surface area contributed by atoms with E-state index in [0.29, 0.717) is 5.41 Å². The van der Waals surface area contributed by atoms with Crippen molar-refractivity contribution in [3.8, 4) is 0 Å². The van der Waals surface area contributed by atoms with E-state index in [4.69, 9.17) is 0 Å². The second-order valence-corrected chi connectivity index (χ2v) is 4.15. The molecular weight excluding hydrogens is 110 g/mol. The summed E-state index contributed by atoms with van der Waals surface area (Å²) in [5.74, 6) is 1.98. The van der Waals surface area contributed by atoms with Gasteiger partial charge >= 0.3 is 0 Å². The van der Waals surface area contributed by atoms with E-state index in [1.807, 2.05) is 0 Å². The van der Waals surface area contributed by atoms with Gasteiger partial charge in [-0.3, -0.25) is 0 Å². The fraction of sp³-hybridized carbons (Fsp3) is 1.00. The van der Waals surface area contributed by atoms with Crippen LogP contribution in [0.5, 0.6) is 0 Å². The van der Waals surface area contributed by atoms with Crippen LogP contribution in [0.1, 0.15) is 20.8 Å². The quantitative estimate of drug-likeness (QED) is 0.514. The lowest BCUT2D eigenvalue weighted by Gasteiger charge is -2.13. The average molecular weight is 125 g/mol. The molecule has 3 atom stereocenters. The number of hydrogen-bond donors (Lipinski definition) is 1. The van der Waals surface area contributed by atoms with E-state index in [1.54, 1.807) is 0 Å². The Balaban J connectivity index is 2.14. The number of fused-ring (bicyclic) bond motifs is 1. The van der Waals surface area contributed by atoms with E-state index in [9.17, 15) is 0 Å². The first-order valence-corrected chi connectivity index (χ1v) is 3.87. The molecule has 1 aliphatic carbocycles. The van der Waals surface area contributed by atoms with Gasteiger partial charge in [-0.05, 0) is 30.7 Å². The minimum Gasteiger partial charge on any atom is -0.314 e. The van der Waals surface area contributed by atoms with E-state index < -0.39 is 0 Å². The zero-order valence-corrected chi connectivity index (χ0v) is 6.44. The normalized spacial score (nSPS) is 53.0. The predicted octanol–water partition coefficient (Wildman–Crippen LogP) is 1.25. The molecular formula is C8H15N. The Bertz CT molecular complexity index is 140. The van der Waals surface area contributed by atoms with E-state index in [-0.39, 0.29) is 0 Å². The topological polar surface area (TPSA) is 12.0 Å². The largest absolute Gasteiger partial charge is 0.314 e. The first-order valence-electron chi connectivity index (χ1n) is 3.87. The summed E-state index contributed by atoms with van der Waals surface area (Å²) in [6.07, 6.45) is 0. The van der Waals surface area contributed by atoms with Crippen molar-refractivity contribution in [1.29, 1.82) is 0 Å². The Morgan fingerprint density at radius 3 is 2.33 bits per heavy atom. The molecule has 9 heavy (non-hydrogen) atoms. The molecule has 1 N–H and O–H groups in total. The van der Waals surface area contributed by atoms with Crippen molar-refractivity contribution in [3.63, 3.8) is 0 Å². The third kappa shape index (κ3) is 0.536. The highest BCUT2D eigenvalue weighted by molar-refractivity contribution is 5.13. The minimum atomic E-state index is 0.671. The van der Waals surface area contributed by atoms with Crippen LogP contribution in [0.4, 0.5) is 0 Å². The molecule has 0 radical (unpaired) electrons. The molecule has 2 aliphatic rings. The first kappa shape index (κ1) is 5.72. The highest BCUT2D eigenvalue weighted by Crippen LogP contribution is 2.62. The van der Waals surface area contributed by atoms with Gasteiger partial charge in [-0.15, -0.1) is 0 Å². The van der Waals surface area contributed by atoms with Crippen molar-refractivity contribution in [2.24, 2.45) is 17.3 Å². The Labute approximate surface area is 56.8 Å². The van der Waals surface area contributed by atoms with Gasteiger partial charge in [-0.25, -0.2) is 0 Å². The van der Waals surface area contributed by atoms with Crippen LogP contribution in [0, 0.1) is 17.3 Å². The van der Waals surface area contributed by atoms with Crippen molar-refractivity contribution < 1.29 is 0 Å². The molecule has 2 fully saturated rings. The monoisotopic (exact) mass is 125 g/mol. The first-order chi connectivity index (χ1) is 4.14. The molecule has 0 aromatic carbocycles. The van der Waals surface area contributed by atoms with Crippen molar-refractivity contribution in [2.75, 3.05) is 6.54 Å². The van der Waals surface area contributed by atoms with Crippen LogP contribution in [0.15, 0.2) is 0 Å². The number of piperidine rings is 1. The summed E-state index contributed by atoms with van der Waals surface area (Å²) >= 11 is 0. The molecule has 0 amide bonds. The van der Waals surface area contributed by atoms with Gasteiger partial charge in [0.25, 0.3) is 0 Å². The van der Waals surface area contributed by atoms with Gasteiger partial charge in [0.15, 0.2) is 0 Å². The molecule has 52 valence electrons. The molecule has 2 rings (SSSR count). The van der Waals surface area contributed by atoms with Crippen molar-refractivity contribution >= 4 is 0 Å². The van der Waals surface area contributed by atoms with E-state index in [0.717, 1.165) is 17.9 Å². The van der Waals surface area contributed by atoms with Crippen LogP contribution in [-0.2, 0) is 0 Å². The fourth-order valence-corrected chi connectivity index (χ4v) is 2.61. The van der Waals surface area contributed by atoms with Gasteiger partial charge in [0, 0.05) is 6.04 Å². The average Bonchev–Trinajstić information content (AvgIpc) is 2.19. The van der Waals surface area contributed by atoms with Gasteiger partial charge < -0.3 is 5.32 Å². The maximum Gasteiger partial charge on any atom is 0.00756 e. The van der Waals surface area contributed by atoms with Gasteiger partial charge in [0.1, 0.15) is 0 Å². The van der Waals surface area contributed by atoms with Crippen LogP contribution < -0.4 is 5.32 Å². The molecule has 0 aromatic rings. The van der Waals surface area contributed by atoms with Crippen LogP contribution in [0.2, 0.25) is 0 Å². The lowest BCUT2D eigenvalue weighted by atomic mass is 10.0. The maximum atomic E-state index is 3.47. The number of rotatable bonds is 0. The molecule has 1 heteroatoms. The lowest BCUT2D eigenvalue weighted by Crippen LogP contribution is -2.27. The van der Waals surface area contributed by atoms with Gasteiger partial charge in [-0.1, -0.05) is 13.8 Å². The fourth-order valence-electron chi connectivity index (χ4n) is 2.61. The smallest absolute Gasteiger partial charge is 0.00756 e. The molecule has 0 aromatic heterocycles. The van der Waals surface area contributed by atoms with Gasteiger partial charge in [-0.2, -0.15) is 0 Å². The molecule has 3 unspecified atom stereocenters. The number of hydrogen-bond acceptors (Lipinski definition) is 1. The van der Waals surface area contributed by atoms with E-state index in [2.05, 4.69) is 26.1 Å². The lowest BCUT2D eigenvalue weighted by molar-refractivity contribution is 0.418. The molecule has 1 saturated heterocycles. The number of nitrogens with one attached hydrogen (secondary N) is 1. The zero-order valence-electron chi connectivity index (χ0n) is 6.44. The summed E-state index contributed by atoms with van der Waals surface area (Å²) in [5, 5.41) is 3.47. The van der Waals surface area contributed by atoms with Crippen LogP contribution >= 0.6 is 0 Å². The third-order valence-corrected chi connectivity index (χ3v) is 3.34. The van der Waals surface area contributed by atoms with Crippen molar-refractivity contribution in [3.05, 3.63) is 0 Å². The second kappa shape index (κ2) is 1.34. The van der Waals surface area contributed by atoms with Crippen LogP contribution in [0.3, 0.4) is 0 Å². The molecule has 0 bridgehead atoms. The zero-order chi connectivity index (χ0) is 6.65. The summed E-state index contributed by atoms with van der Waals surface area (Å²) in [6, 6.07) is 0.782. The van der Waals surface area contributed by atoms with Gasteiger partial charge in [0.05, 0.1) is 0 Å². The summed E-state index contributed by atoms with van der Waals surface area (Å²) < 4.78 is 0. The van der Waals surface area contributed by atoms with E-state index in [1.165, 1.54) is 6.54 Å². The Morgan fingerprint density at radius 2 is 2.11 bits per heavy atom. The molecule has 1 aliphatic heterocycles. The molecule has 1 nitrogen and oxygen atoms in total. The summed E-state index contributed by atoms with van der Waals surface area (Å²) in [5.41, 5.74) is 0.671. The minimum absolute atomic E-state index is 0.671. The maximum absolute atomic E-state index is 3.47. The highest BCUT2D eigenvalue weighted by atomic mass is 15.0. The second-order valence-electron chi connectivity index (χ2n) is 4.15. The van der Waals surface area contributed by atoms with Crippen LogP contribution in [-0.4, -0.2) is 12.6 Å². The summed E-state index contributed by atoms with van der Waals surface area (Å²) in [4.78, 5) is 0. The van der Waals surface area contributed by atoms with Crippen LogP contribution in [0.25, 0.3) is 0 Å². The van der Waals surface area contributed by atoms with Crippen molar-refractivity contribution in [2.45, 2.75) is 26.8 Å². The standard InChI is InChI=1S/C8H15N/c1-5-7-6(4-9-5)8(7,2)3/h5-7,9H,4H2,1-3H3. The molecule has 0 spiro atoms. The molecule has 1 saturated carbocycles. The Hall–Kier alpha value is -0.0400.